The van der Waals surface area contributed by atoms with Crippen LogP contribution in [-0.4, -0.2) is 84.1 Å². The average molecular weight is 438 g/mol. The van der Waals surface area contributed by atoms with Crippen LogP contribution in [0.2, 0.25) is 0 Å². The first-order valence-electron chi connectivity index (χ1n) is 10.5. The van der Waals surface area contributed by atoms with Crippen LogP contribution in [0.4, 0.5) is 0 Å². The summed E-state index contributed by atoms with van der Waals surface area (Å²) in [6, 6.07) is 7.70. The van der Waals surface area contributed by atoms with Gasteiger partial charge in [0.25, 0.3) is 0 Å². The lowest BCUT2D eigenvalue weighted by Crippen LogP contribution is -2.61. The van der Waals surface area contributed by atoms with E-state index in [-0.39, 0.29) is 18.8 Å². The monoisotopic (exact) mass is 438 g/mol. The van der Waals surface area contributed by atoms with E-state index >= 15 is 0 Å². The molecule has 2 heterocycles. The Morgan fingerprint density at radius 3 is 2.00 bits per heavy atom. The van der Waals surface area contributed by atoms with Gasteiger partial charge in [0, 0.05) is 28.4 Å². The molecule has 0 aromatic heterocycles. The van der Waals surface area contributed by atoms with E-state index in [1.807, 2.05) is 52.0 Å². The summed E-state index contributed by atoms with van der Waals surface area (Å²) in [6.07, 6.45) is -2.16. The predicted molar refractivity (Wildman–Crippen MR) is 116 cm³/mol. The molecule has 1 aromatic carbocycles. The van der Waals surface area contributed by atoms with Crippen LogP contribution >= 0.6 is 0 Å². The molecule has 31 heavy (non-hydrogen) atoms. The van der Waals surface area contributed by atoms with Gasteiger partial charge in [-0.2, -0.15) is 0 Å². The molecular weight excluding hydrogens is 403 g/mol. The highest BCUT2D eigenvalue weighted by molar-refractivity contribution is 6.62. The first-order chi connectivity index (χ1) is 14.7. The van der Waals surface area contributed by atoms with E-state index in [9.17, 15) is 0 Å². The Kier molecular flexibility index (Phi) is 7.68. The highest BCUT2D eigenvalue weighted by atomic mass is 16.7. The van der Waals surface area contributed by atoms with E-state index in [0.717, 1.165) is 5.46 Å². The minimum absolute atomic E-state index is 0.251. The number of benzene rings is 1. The van der Waals surface area contributed by atoms with Gasteiger partial charge in [-0.05, 0) is 45.3 Å². The number of hydrogen-bond acceptors (Lipinski definition) is 8. The van der Waals surface area contributed by atoms with Crippen molar-refractivity contribution in [1.29, 1.82) is 0 Å². The van der Waals surface area contributed by atoms with Crippen molar-refractivity contribution < 1.29 is 37.7 Å². The van der Waals surface area contributed by atoms with Gasteiger partial charge in [-0.1, -0.05) is 12.1 Å². The normalized spacial score (nSPS) is 32.3. The van der Waals surface area contributed by atoms with E-state index in [1.54, 1.807) is 28.4 Å². The molecule has 1 aromatic rings. The summed E-state index contributed by atoms with van der Waals surface area (Å²) in [5, 5.41) is 0. The molecular formula is C22H35BO8. The van der Waals surface area contributed by atoms with Gasteiger partial charge in [-0.3, -0.25) is 0 Å². The number of rotatable bonds is 8. The molecule has 5 atom stereocenters. The van der Waals surface area contributed by atoms with E-state index in [1.165, 1.54) is 0 Å². The molecule has 2 aliphatic rings. The Morgan fingerprint density at radius 2 is 1.45 bits per heavy atom. The van der Waals surface area contributed by atoms with E-state index in [2.05, 4.69) is 0 Å². The van der Waals surface area contributed by atoms with Crippen LogP contribution in [0.15, 0.2) is 24.3 Å². The molecule has 174 valence electrons. The fraction of sp³-hybridized carbons (Fsp3) is 0.727. The van der Waals surface area contributed by atoms with Gasteiger partial charge in [0.05, 0.1) is 11.2 Å². The van der Waals surface area contributed by atoms with Gasteiger partial charge in [-0.25, -0.2) is 0 Å². The smallest absolute Gasteiger partial charge is 0.491 e. The van der Waals surface area contributed by atoms with Crippen LogP contribution in [0.25, 0.3) is 0 Å². The third kappa shape index (κ3) is 4.93. The lowest BCUT2D eigenvalue weighted by Gasteiger charge is -2.44. The lowest BCUT2D eigenvalue weighted by atomic mass is 9.79. The molecule has 0 aliphatic carbocycles. The Bertz CT molecular complexity index is 711. The first-order valence-corrected chi connectivity index (χ1v) is 10.5. The molecule has 0 unspecified atom stereocenters. The second-order valence-corrected chi connectivity index (χ2v) is 8.85. The summed E-state index contributed by atoms with van der Waals surface area (Å²) in [5.74, 6) is 0.683. The highest BCUT2D eigenvalue weighted by Gasteiger charge is 2.52. The summed E-state index contributed by atoms with van der Waals surface area (Å²) < 4.78 is 46.7. The minimum Gasteiger partial charge on any atom is -0.491 e. The molecule has 0 amide bonds. The van der Waals surface area contributed by atoms with Crippen molar-refractivity contribution in [3.05, 3.63) is 24.3 Å². The van der Waals surface area contributed by atoms with Crippen LogP contribution in [0.5, 0.6) is 5.75 Å². The van der Waals surface area contributed by atoms with E-state index in [0.29, 0.717) is 5.75 Å². The molecule has 2 aliphatic heterocycles. The molecule has 0 N–H and O–H groups in total. The molecule has 3 rings (SSSR count). The fourth-order valence-electron chi connectivity index (χ4n) is 3.91. The van der Waals surface area contributed by atoms with Crippen molar-refractivity contribution in [3.63, 3.8) is 0 Å². The quantitative estimate of drug-likeness (QED) is 0.569. The molecule has 8 nitrogen and oxygen atoms in total. The van der Waals surface area contributed by atoms with Crippen molar-refractivity contribution in [2.75, 3.05) is 35.0 Å². The van der Waals surface area contributed by atoms with Gasteiger partial charge < -0.3 is 37.7 Å². The maximum atomic E-state index is 6.15. The summed E-state index contributed by atoms with van der Waals surface area (Å²) in [6.45, 7) is 8.38. The van der Waals surface area contributed by atoms with Gasteiger partial charge in [0.2, 0.25) is 0 Å². The molecule has 0 bridgehead atoms. The fourth-order valence-corrected chi connectivity index (χ4v) is 3.91. The minimum atomic E-state index is -0.592. The summed E-state index contributed by atoms with van der Waals surface area (Å²) in [7, 11) is 5.95. The van der Waals surface area contributed by atoms with Gasteiger partial charge >= 0.3 is 7.12 Å². The van der Waals surface area contributed by atoms with Gasteiger partial charge in [0.1, 0.15) is 36.8 Å². The summed E-state index contributed by atoms with van der Waals surface area (Å²) in [5.41, 5.74) is 0.0875. The zero-order valence-electron chi connectivity index (χ0n) is 19.7. The van der Waals surface area contributed by atoms with Crippen LogP contribution in [0.1, 0.15) is 27.7 Å². The first kappa shape index (κ1) is 24.4. The summed E-state index contributed by atoms with van der Waals surface area (Å²) >= 11 is 0. The summed E-state index contributed by atoms with van der Waals surface area (Å²) in [4.78, 5) is 0. The Balaban J connectivity index is 1.70. The van der Waals surface area contributed by atoms with Crippen molar-refractivity contribution in [2.24, 2.45) is 0 Å². The Morgan fingerprint density at radius 1 is 0.839 bits per heavy atom. The third-order valence-electron chi connectivity index (χ3n) is 6.44. The van der Waals surface area contributed by atoms with Crippen LogP contribution in [0, 0.1) is 0 Å². The SMILES string of the molecule is CO[C@H]1O[C@H](COc2cccc(B3OC(C)(C)C(C)(C)O3)c2)[C@@H](OC)[C@H](OC)[C@@H]1OC. The maximum Gasteiger partial charge on any atom is 0.494 e. The Hall–Kier alpha value is -1.20. The van der Waals surface area contributed by atoms with E-state index < -0.39 is 36.8 Å². The molecule has 2 fully saturated rings. The molecule has 0 radical (unpaired) electrons. The van der Waals surface area contributed by atoms with E-state index in [4.69, 9.17) is 37.7 Å². The number of methoxy groups -OCH3 is 4. The predicted octanol–water partition coefficient (Wildman–Crippen LogP) is 1.78. The topological polar surface area (TPSA) is 73.8 Å². The average Bonchev–Trinajstić information content (AvgIpc) is 2.97. The van der Waals surface area contributed by atoms with Gasteiger partial charge in [0.15, 0.2) is 6.29 Å². The lowest BCUT2D eigenvalue weighted by molar-refractivity contribution is -0.305. The zero-order valence-corrected chi connectivity index (χ0v) is 19.7. The highest BCUT2D eigenvalue weighted by Crippen LogP contribution is 2.36. The van der Waals surface area contributed by atoms with Crippen molar-refractivity contribution in [2.45, 2.75) is 69.6 Å². The standard InChI is InChI=1S/C22H35BO8/c1-21(2)22(3,4)31-23(30-21)14-10-9-11-15(12-14)28-13-16-17(24-5)18(25-6)19(26-7)20(27-8)29-16/h9-12,16-20H,13H2,1-8H3/t16-,17-,18+,19+,20+/m1/s1. The van der Waals surface area contributed by atoms with Crippen LogP contribution < -0.4 is 10.2 Å². The van der Waals surface area contributed by atoms with Gasteiger partial charge in [-0.15, -0.1) is 0 Å². The van der Waals surface area contributed by atoms with Crippen LogP contribution in [-0.2, 0) is 33.0 Å². The zero-order chi connectivity index (χ0) is 22.8. The molecule has 0 spiro atoms. The Labute approximate surface area is 185 Å². The van der Waals surface area contributed by atoms with Crippen LogP contribution in [0.3, 0.4) is 0 Å². The number of hydrogen-bond donors (Lipinski definition) is 0. The molecule has 9 heteroatoms. The van der Waals surface area contributed by atoms with Crippen molar-refractivity contribution in [1.82, 2.24) is 0 Å². The van der Waals surface area contributed by atoms with Crippen molar-refractivity contribution >= 4 is 12.6 Å². The molecule has 0 saturated carbocycles. The molecule has 2 saturated heterocycles. The largest absolute Gasteiger partial charge is 0.494 e. The number of ether oxygens (including phenoxy) is 6. The second-order valence-electron chi connectivity index (χ2n) is 8.85. The maximum absolute atomic E-state index is 6.15. The second kappa shape index (κ2) is 9.74. The van der Waals surface area contributed by atoms with Crippen molar-refractivity contribution in [3.8, 4) is 5.75 Å². The third-order valence-corrected chi connectivity index (χ3v) is 6.44.